The molecule has 0 atom stereocenters. The zero-order chi connectivity index (χ0) is 13.0. The average Bonchev–Trinajstić information content (AvgIpc) is 2.27. The first-order valence-electron chi connectivity index (χ1n) is 5.62. The van der Waals surface area contributed by atoms with Gasteiger partial charge in [0.15, 0.2) is 5.78 Å². The number of carbonyl (C=O) groups excluding carboxylic acids is 1. The van der Waals surface area contributed by atoms with Crippen LogP contribution in [0.1, 0.15) is 36.7 Å². The van der Waals surface area contributed by atoms with Gasteiger partial charge in [-0.25, -0.2) is 0 Å². The predicted octanol–water partition coefficient (Wildman–Crippen LogP) is 3.65. The summed E-state index contributed by atoms with van der Waals surface area (Å²) >= 11 is 6.16. The fourth-order valence-corrected chi connectivity index (χ4v) is 1.96. The van der Waals surface area contributed by atoms with Crippen LogP contribution in [0, 0.1) is 6.92 Å². The van der Waals surface area contributed by atoms with Crippen LogP contribution in [0.5, 0.6) is 11.5 Å². The maximum Gasteiger partial charge on any atom is 0.161 e. The number of halogens is 1. The Hall–Kier alpha value is -1.22. The summed E-state index contributed by atoms with van der Waals surface area (Å²) in [4.78, 5) is 11.5. The molecule has 0 saturated heterocycles. The summed E-state index contributed by atoms with van der Waals surface area (Å²) in [5.74, 6) is 1.08. The minimum absolute atomic E-state index is 0.100. The van der Waals surface area contributed by atoms with Crippen molar-refractivity contribution < 1.29 is 14.3 Å². The van der Waals surface area contributed by atoms with E-state index in [1.165, 1.54) is 6.92 Å². The Morgan fingerprint density at radius 1 is 1.29 bits per heavy atom. The van der Waals surface area contributed by atoms with Crippen molar-refractivity contribution in [3.63, 3.8) is 0 Å². The molecule has 0 amide bonds. The van der Waals surface area contributed by atoms with E-state index in [0.717, 1.165) is 5.56 Å². The molecule has 4 heteroatoms. The lowest BCUT2D eigenvalue weighted by molar-refractivity contribution is 0.101. The van der Waals surface area contributed by atoms with Crippen molar-refractivity contribution >= 4 is 17.4 Å². The molecule has 94 valence electrons. The molecule has 0 aromatic heterocycles. The standard InChI is InChI=1S/C13H17ClO3/c1-5-16-11-7-10(9(4)15)12(14)13(8(11)3)17-6-2/h7H,5-6H2,1-4H3. The van der Waals surface area contributed by atoms with Gasteiger partial charge in [-0.15, -0.1) is 0 Å². The second-order valence-corrected chi connectivity index (χ2v) is 3.99. The molecule has 0 heterocycles. The highest BCUT2D eigenvalue weighted by atomic mass is 35.5. The van der Waals surface area contributed by atoms with Crippen molar-refractivity contribution in [2.75, 3.05) is 13.2 Å². The van der Waals surface area contributed by atoms with Gasteiger partial charge >= 0.3 is 0 Å². The smallest absolute Gasteiger partial charge is 0.161 e. The van der Waals surface area contributed by atoms with Gasteiger partial charge in [0, 0.05) is 11.1 Å². The molecule has 1 rings (SSSR count). The number of hydrogen-bond donors (Lipinski definition) is 0. The predicted molar refractivity (Wildman–Crippen MR) is 68.5 cm³/mol. The first kappa shape index (κ1) is 13.8. The molecular weight excluding hydrogens is 240 g/mol. The minimum atomic E-state index is -0.100. The number of hydrogen-bond acceptors (Lipinski definition) is 3. The van der Waals surface area contributed by atoms with Crippen LogP contribution in [0.25, 0.3) is 0 Å². The van der Waals surface area contributed by atoms with E-state index >= 15 is 0 Å². The van der Waals surface area contributed by atoms with Crippen molar-refractivity contribution in [1.82, 2.24) is 0 Å². The zero-order valence-corrected chi connectivity index (χ0v) is 11.4. The summed E-state index contributed by atoms with van der Waals surface area (Å²) < 4.78 is 11.0. The highest BCUT2D eigenvalue weighted by Crippen LogP contribution is 2.38. The minimum Gasteiger partial charge on any atom is -0.493 e. The lowest BCUT2D eigenvalue weighted by Gasteiger charge is -2.16. The van der Waals surface area contributed by atoms with E-state index in [1.807, 2.05) is 20.8 Å². The van der Waals surface area contributed by atoms with Crippen LogP contribution >= 0.6 is 11.6 Å². The molecule has 1 aromatic carbocycles. The highest BCUT2D eigenvalue weighted by molar-refractivity contribution is 6.35. The first-order valence-corrected chi connectivity index (χ1v) is 6.00. The van der Waals surface area contributed by atoms with E-state index in [4.69, 9.17) is 21.1 Å². The summed E-state index contributed by atoms with van der Waals surface area (Å²) in [6, 6.07) is 1.67. The van der Waals surface area contributed by atoms with Gasteiger partial charge in [-0.2, -0.15) is 0 Å². The molecule has 17 heavy (non-hydrogen) atoms. The normalized spacial score (nSPS) is 10.2. The van der Waals surface area contributed by atoms with Crippen molar-refractivity contribution in [2.45, 2.75) is 27.7 Å². The fourth-order valence-electron chi connectivity index (χ4n) is 1.58. The molecule has 0 bridgehead atoms. The Balaban J connectivity index is 3.40. The number of ether oxygens (including phenoxy) is 2. The number of Topliss-reactive ketones (excluding diaryl/α,β-unsaturated/α-hetero) is 1. The van der Waals surface area contributed by atoms with E-state index in [9.17, 15) is 4.79 Å². The molecule has 0 spiro atoms. The van der Waals surface area contributed by atoms with Crippen LogP contribution in [0.2, 0.25) is 5.02 Å². The van der Waals surface area contributed by atoms with Crippen LogP contribution in [-0.4, -0.2) is 19.0 Å². The topological polar surface area (TPSA) is 35.5 Å². The Kier molecular flexibility index (Phi) is 4.82. The number of ketones is 1. The van der Waals surface area contributed by atoms with Crippen LogP contribution in [0.4, 0.5) is 0 Å². The third-order valence-corrected chi connectivity index (χ3v) is 2.76. The highest BCUT2D eigenvalue weighted by Gasteiger charge is 2.18. The third-order valence-electron chi connectivity index (χ3n) is 2.39. The number of carbonyl (C=O) groups is 1. The number of benzene rings is 1. The third kappa shape index (κ3) is 2.91. The zero-order valence-electron chi connectivity index (χ0n) is 10.6. The summed E-state index contributed by atoms with van der Waals surface area (Å²) in [5.41, 5.74) is 1.26. The van der Waals surface area contributed by atoms with Gasteiger partial charge in [-0.3, -0.25) is 4.79 Å². The first-order chi connectivity index (χ1) is 8.02. The molecule has 0 N–H and O–H groups in total. The molecular formula is C13H17ClO3. The van der Waals surface area contributed by atoms with Gasteiger partial charge in [0.05, 0.1) is 18.2 Å². The van der Waals surface area contributed by atoms with Gasteiger partial charge in [0.25, 0.3) is 0 Å². The monoisotopic (exact) mass is 256 g/mol. The molecule has 0 saturated carbocycles. The Morgan fingerprint density at radius 2 is 1.88 bits per heavy atom. The van der Waals surface area contributed by atoms with Crippen molar-refractivity contribution in [3.05, 3.63) is 22.2 Å². The summed E-state index contributed by atoms with van der Waals surface area (Å²) in [6.07, 6.45) is 0. The second-order valence-electron chi connectivity index (χ2n) is 3.61. The van der Waals surface area contributed by atoms with Crippen molar-refractivity contribution in [3.8, 4) is 11.5 Å². The molecule has 0 fully saturated rings. The van der Waals surface area contributed by atoms with E-state index in [-0.39, 0.29) is 5.78 Å². The van der Waals surface area contributed by atoms with E-state index < -0.39 is 0 Å². The number of rotatable bonds is 5. The van der Waals surface area contributed by atoms with Crippen molar-refractivity contribution in [1.29, 1.82) is 0 Å². The van der Waals surface area contributed by atoms with E-state index in [1.54, 1.807) is 6.07 Å². The fraction of sp³-hybridized carbons (Fsp3) is 0.462. The molecule has 1 aromatic rings. The summed E-state index contributed by atoms with van der Waals surface area (Å²) in [7, 11) is 0. The van der Waals surface area contributed by atoms with Gasteiger partial charge in [0.1, 0.15) is 11.5 Å². The Labute approximate surface area is 107 Å². The van der Waals surface area contributed by atoms with Crippen LogP contribution in [0.3, 0.4) is 0 Å². The van der Waals surface area contributed by atoms with Crippen LogP contribution in [0.15, 0.2) is 6.07 Å². The Bertz CT molecular complexity index is 427. The van der Waals surface area contributed by atoms with Gasteiger partial charge in [-0.05, 0) is 33.8 Å². The van der Waals surface area contributed by atoms with E-state index in [2.05, 4.69) is 0 Å². The van der Waals surface area contributed by atoms with Crippen molar-refractivity contribution in [2.24, 2.45) is 0 Å². The lowest BCUT2D eigenvalue weighted by Crippen LogP contribution is -2.04. The lowest BCUT2D eigenvalue weighted by atomic mass is 10.1. The van der Waals surface area contributed by atoms with Crippen LogP contribution < -0.4 is 9.47 Å². The maximum atomic E-state index is 11.5. The second kappa shape index (κ2) is 5.92. The van der Waals surface area contributed by atoms with E-state index in [0.29, 0.717) is 35.3 Å². The molecule has 0 unspecified atom stereocenters. The quantitative estimate of drug-likeness (QED) is 0.755. The maximum absolute atomic E-state index is 11.5. The van der Waals surface area contributed by atoms with Gasteiger partial charge in [-0.1, -0.05) is 11.6 Å². The molecule has 0 aliphatic carbocycles. The summed E-state index contributed by atoms with van der Waals surface area (Å²) in [6.45, 7) is 8.13. The SMILES string of the molecule is CCOc1cc(C(C)=O)c(Cl)c(OCC)c1C. The summed E-state index contributed by atoms with van der Waals surface area (Å²) in [5, 5.41) is 0.361. The molecule has 0 radical (unpaired) electrons. The molecule has 3 nitrogen and oxygen atoms in total. The molecule has 0 aliphatic rings. The van der Waals surface area contributed by atoms with Gasteiger partial charge in [0.2, 0.25) is 0 Å². The average molecular weight is 257 g/mol. The largest absolute Gasteiger partial charge is 0.493 e. The molecule has 0 aliphatic heterocycles. The van der Waals surface area contributed by atoms with Crippen LogP contribution in [-0.2, 0) is 0 Å². The van der Waals surface area contributed by atoms with Gasteiger partial charge < -0.3 is 9.47 Å². The Morgan fingerprint density at radius 3 is 2.35 bits per heavy atom.